The number of aromatic nitrogens is 2. The fourth-order valence-electron chi connectivity index (χ4n) is 1.13. The smallest absolute Gasteiger partial charge is 0.101 e. The van der Waals surface area contributed by atoms with E-state index in [9.17, 15) is 0 Å². The molecular weight excluding hydrogens is 192 g/mol. The van der Waals surface area contributed by atoms with Crippen molar-refractivity contribution in [3.63, 3.8) is 0 Å². The van der Waals surface area contributed by atoms with Gasteiger partial charge in [0.2, 0.25) is 0 Å². The highest BCUT2D eigenvalue weighted by atomic mass is 32.1. The number of hydrogen-bond acceptors (Lipinski definition) is 3. The number of nitrogens with zero attached hydrogens (tertiary/aromatic N) is 2. The van der Waals surface area contributed by atoms with Crippen LogP contribution in [0.25, 0.3) is 12.2 Å². The average molecular weight is 202 g/mol. The lowest BCUT2D eigenvalue weighted by atomic mass is 10.2. The number of aryl methyl sites for hydroxylation is 1. The summed E-state index contributed by atoms with van der Waals surface area (Å²) in [7, 11) is 0. The summed E-state index contributed by atoms with van der Waals surface area (Å²) in [6.07, 6.45) is 4.04. The fourth-order valence-corrected chi connectivity index (χ4v) is 1.59. The Balaban J connectivity index is 2.20. The molecule has 0 bridgehead atoms. The SMILES string of the molecule is Cc1snnc1/C=C/c1ccccc1. The summed E-state index contributed by atoms with van der Waals surface area (Å²) in [6, 6.07) is 10.2. The van der Waals surface area contributed by atoms with Crippen molar-refractivity contribution in [2.75, 3.05) is 0 Å². The molecule has 0 saturated heterocycles. The molecule has 2 rings (SSSR count). The van der Waals surface area contributed by atoms with Gasteiger partial charge in [0.25, 0.3) is 0 Å². The lowest BCUT2D eigenvalue weighted by Crippen LogP contribution is -1.75. The third-order valence-electron chi connectivity index (χ3n) is 1.92. The van der Waals surface area contributed by atoms with E-state index in [0.29, 0.717) is 0 Å². The van der Waals surface area contributed by atoms with Crippen molar-refractivity contribution in [2.24, 2.45) is 0 Å². The first-order valence-corrected chi connectivity index (χ1v) is 5.16. The molecule has 0 aliphatic carbocycles. The number of benzene rings is 1. The number of hydrogen-bond donors (Lipinski definition) is 0. The zero-order valence-electron chi connectivity index (χ0n) is 7.84. The van der Waals surface area contributed by atoms with Gasteiger partial charge in [0, 0.05) is 4.88 Å². The van der Waals surface area contributed by atoms with E-state index >= 15 is 0 Å². The monoisotopic (exact) mass is 202 g/mol. The standard InChI is InChI=1S/C11H10N2S/c1-9-11(12-13-14-9)8-7-10-5-3-2-4-6-10/h2-8H,1H3/b8-7+. The predicted octanol–water partition coefficient (Wildman–Crippen LogP) is 3.02. The summed E-state index contributed by atoms with van der Waals surface area (Å²) >= 11 is 1.43. The normalized spacial score (nSPS) is 10.9. The Morgan fingerprint density at radius 1 is 1.14 bits per heavy atom. The Morgan fingerprint density at radius 2 is 1.93 bits per heavy atom. The van der Waals surface area contributed by atoms with Gasteiger partial charge in [-0.3, -0.25) is 0 Å². The Bertz CT molecular complexity index is 432. The maximum Gasteiger partial charge on any atom is 0.101 e. The second-order valence-electron chi connectivity index (χ2n) is 2.96. The van der Waals surface area contributed by atoms with Crippen LogP contribution in [0, 0.1) is 6.92 Å². The molecule has 0 amide bonds. The molecule has 0 aliphatic heterocycles. The van der Waals surface area contributed by atoms with Gasteiger partial charge >= 0.3 is 0 Å². The molecule has 70 valence electrons. The van der Waals surface area contributed by atoms with E-state index in [2.05, 4.69) is 21.7 Å². The van der Waals surface area contributed by atoms with E-state index < -0.39 is 0 Å². The Hall–Kier alpha value is -1.48. The fraction of sp³-hybridized carbons (Fsp3) is 0.0909. The minimum atomic E-state index is 0.957. The molecule has 1 aromatic carbocycles. The number of rotatable bonds is 2. The Labute approximate surface area is 87.1 Å². The lowest BCUT2D eigenvalue weighted by Gasteiger charge is -1.90. The van der Waals surface area contributed by atoms with Gasteiger partial charge in [0.15, 0.2) is 0 Å². The molecule has 2 nitrogen and oxygen atoms in total. The van der Waals surface area contributed by atoms with Crippen molar-refractivity contribution in [1.29, 1.82) is 0 Å². The topological polar surface area (TPSA) is 25.8 Å². The van der Waals surface area contributed by atoms with E-state index in [-0.39, 0.29) is 0 Å². The van der Waals surface area contributed by atoms with Gasteiger partial charge in [-0.25, -0.2) is 0 Å². The highest BCUT2D eigenvalue weighted by molar-refractivity contribution is 7.05. The summed E-state index contributed by atoms with van der Waals surface area (Å²) < 4.78 is 3.87. The molecule has 2 aromatic rings. The van der Waals surface area contributed by atoms with Crippen molar-refractivity contribution in [2.45, 2.75) is 6.92 Å². The second kappa shape index (κ2) is 4.15. The van der Waals surface area contributed by atoms with Gasteiger partial charge in [-0.2, -0.15) is 0 Å². The first-order chi connectivity index (χ1) is 6.86. The Morgan fingerprint density at radius 3 is 2.57 bits per heavy atom. The quantitative estimate of drug-likeness (QED) is 0.748. The van der Waals surface area contributed by atoms with Gasteiger partial charge in [0.05, 0.1) is 0 Å². The average Bonchev–Trinajstić information content (AvgIpc) is 2.63. The van der Waals surface area contributed by atoms with Crippen molar-refractivity contribution in [3.8, 4) is 0 Å². The Kier molecular flexibility index (Phi) is 2.70. The second-order valence-corrected chi connectivity index (χ2v) is 3.92. The molecular formula is C11H10N2S. The lowest BCUT2D eigenvalue weighted by molar-refractivity contribution is 1.13. The van der Waals surface area contributed by atoms with Crippen LogP contribution < -0.4 is 0 Å². The molecule has 14 heavy (non-hydrogen) atoms. The first-order valence-electron chi connectivity index (χ1n) is 4.38. The van der Waals surface area contributed by atoms with Crippen molar-refractivity contribution < 1.29 is 0 Å². The van der Waals surface area contributed by atoms with Crippen LogP contribution >= 0.6 is 11.5 Å². The van der Waals surface area contributed by atoms with E-state index in [1.807, 2.05) is 37.3 Å². The summed E-state index contributed by atoms with van der Waals surface area (Å²) in [4.78, 5) is 1.15. The minimum absolute atomic E-state index is 0.957. The van der Waals surface area contributed by atoms with Gasteiger partial charge in [-0.15, -0.1) is 5.10 Å². The van der Waals surface area contributed by atoms with Gasteiger partial charge < -0.3 is 0 Å². The molecule has 1 heterocycles. The van der Waals surface area contributed by atoms with Crippen LogP contribution in [0.15, 0.2) is 30.3 Å². The molecule has 0 N–H and O–H groups in total. The largest absolute Gasteiger partial charge is 0.138 e. The molecule has 0 saturated carbocycles. The molecule has 0 radical (unpaired) electrons. The van der Waals surface area contributed by atoms with E-state index in [0.717, 1.165) is 10.6 Å². The van der Waals surface area contributed by atoms with Crippen molar-refractivity contribution in [3.05, 3.63) is 46.5 Å². The summed E-state index contributed by atoms with van der Waals surface area (Å²) in [6.45, 7) is 2.02. The highest BCUT2D eigenvalue weighted by Gasteiger charge is 1.96. The molecule has 3 heteroatoms. The maximum atomic E-state index is 4.01. The van der Waals surface area contributed by atoms with Gasteiger partial charge in [0.1, 0.15) is 5.69 Å². The van der Waals surface area contributed by atoms with Gasteiger partial charge in [-0.05, 0) is 30.1 Å². The molecule has 0 atom stereocenters. The zero-order valence-corrected chi connectivity index (χ0v) is 8.66. The van der Waals surface area contributed by atoms with Crippen LogP contribution in [-0.2, 0) is 0 Å². The molecule has 0 unspecified atom stereocenters. The molecule has 0 aliphatic rings. The van der Waals surface area contributed by atoms with Crippen LogP contribution in [0.4, 0.5) is 0 Å². The predicted molar refractivity (Wildman–Crippen MR) is 60.0 cm³/mol. The third-order valence-corrected chi connectivity index (χ3v) is 2.57. The van der Waals surface area contributed by atoms with Crippen LogP contribution in [0.5, 0.6) is 0 Å². The van der Waals surface area contributed by atoms with E-state index in [1.165, 1.54) is 17.1 Å². The molecule has 0 fully saturated rings. The van der Waals surface area contributed by atoms with Crippen molar-refractivity contribution >= 4 is 23.7 Å². The maximum absolute atomic E-state index is 4.01. The summed E-state index contributed by atoms with van der Waals surface area (Å²) in [5.74, 6) is 0. The summed E-state index contributed by atoms with van der Waals surface area (Å²) in [5, 5.41) is 4.01. The third kappa shape index (κ3) is 2.06. The first kappa shape index (κ1) is 9.09. The van der Waals surface area contributed by atoms with Crippen LogP contribution in [0.3, 0.4) is 0 Å². The minimum Gasteiger partial charge on any atom is -0.138 e. The van der Waals surface area contributed by atoms with Crippen LogP contribution in [0.1, 0.15) is 16.1 Å². The summed E-state index contributed by atoms with van der Waals surface area (Å²) in [5.41, 5.74) is 2.14. The highest BCUT2D eigenvalue weighted by Crippen LogP contribution is 2.12. The van der Waals surface area contributed by atoms with Crippen LogP contribution in [0.2, 0.25) is 0 Å². The van der Waals surface area contributed by atoms with Gasteiger partial charge in [-0.1, -0.05) is 40.9 Å². The zero-order chi connectivity index (χ0) is 9.80. The van der Waals surface area contributed by atoms with Crippen LogP contribution in [-0.4, -0.2) is 9.59 Å². The van der Waals surface area contributed by atoms with E-state index in [1.54, 1.807) is 0 Å². The van der Waals surface area contributed by atoms with E-state index in [4.69, 9.17) is 0 Å². The molecule has 1 aromatic heterocycles. The molecule has 0 spiro atoms. The van der Waals surface area contributed by atoms with Crippen molar-refractivity contribution in [1.82, 2.24) is 9.59 Å².